The van der Waals surface area contributed by atoms with Crippen LogP contribution in [0.4, 0.5) is 0 Å². The third-order valence-corrected chi connectivity index (χ3v) is 4.14. The van der Waals surface area contributed by atoms with E-state index in [-0.39, 0.29) is 5.41 Å². The highest BCUT2D eigenvalue weighted by Crippen LogP contribution is 2.25. The lowest BCUT2D eigenvalue weighted by Gasteiger charge is -2.35. The highest BCUT2D eigenvalue weighted by Gasteiger charge is 2.23. The first kappa shape index (κ1) is 17.2. The Morgan fingerprint density at radius 2 is 1.75 bits per heavy atom. The molecule has 1 aromatic rings. The first-order valence-corrected chi connectivity index (χ1v) is 7.96. The minimum atomic E-state index is 0.173. The molecule has 0 aliphatic carbocycles. The van der Waals surface area contributed by atoms with Gasteiger partial charge in [-0.3, -0.25) is 4.90 Å². The molecule has 0 saturated heterocycles. The summed E-state index contributed by atoms with van der Waals surface area (Å²) in [4.78, 5) is 2.52. The Bertz CT molecular complexity index is 381. The van der Waals surface area contributed by atoms with E-state index in [1.807, 2.05) is 0 Å². The smallest absolute Gasteiger partial charge is 0.0320 e. The van der Waals surface area contributed by atoms with Gasteiger partial charge in [0.05, 0.1) is 0 Å². The maximum absolute atomic E-state index is 5.87. The lowest BCUT2D eigenvalue weighted by Crippen LogP contribution is -2.39. The fourth-order valence-electron chi connectivity index (χ4n) is 2.60. The van der Waals surface area contributed by atoms with Crippen LogP contribution in [0.3, 0.4) is 0 Å². The molecule has 1 aromatic carbocycles. The van der Waals surface area contributed by atoms with E-state index in [2.05, 4.69) is 63.8 Å². The van der Waals surface area contributed by atoms with Crippen LogP contribution in [0.25, 0.3) is 0 Å². The Kier molecular flexibility index (Phi) is 6.70. The Morgan fingerprint density at radius 1 is 1.15 bits per heavy atom. The minimum Gasteiger partial charge on any atom is -0.330 e. The summed E-state index contributed by atoms with van der Waals surface area (Å²) in [6.45, 7) is 14.1. The van der Waals surface area contributed by atoms with Crippen molar-refractivity contribution in [2.45, 2.75) is 53.5 Å². The van der Waals surface area contributed by atoms with Gasteiger partial charge in [0.15, 0.2) is 0 Å². The zero-order valence-electron chi connectivity index (χ0n) is 13.9. The quantitative estimate of drug-likeness (QED) is 0.777. The molecule has 1 unspecified atom stereocenters. The average molecular weight is 276 g/mol. The topological polar surface area (TPSA) is 29.3 Å². The van der Waals surface area contributed by atoms with Crippen LogP contribution in [-0.2, 0) is 6.42 Å². The molecule has 1 atom stereocenters. The van der Waals surface area contributed by atoms with Gasteiger partial charge < -0.3 is 5.73 Å². The Hall–Kier alpha value is -0.860. The summed E-state index contributed by atoms with van der Waals surface area (Å²) in [6.07, 6.45) is 2.38. The molecule has 2 N–H and O–H groups in total. The fraction of sp³-hybridized carbons (Fsp3) is 0.667. The molecule has 20 heavy (non-hydrogen) atoms. The van der Waals surface area contributed by atoms with Crippen LogP contribution in [0, 0.1) is 5.41 Å². The predicted molar refractivity (Wildman–Crippen MR) is 88.9 cm³/mol. The van der Waals surface area contributed by atoms with Crippen LogP contribution >= 0.6 is 0 Å². The maximum Gasteiger partial charge on any atom is 0.0320 e. The van der Waals surface area contributed by atoms with Crippen molar-refractivity contribution in [1.29, 1.82) is 0 Å². The molecule has 2 nitrogen and oxygen atoms in total. The Morgan fingerprint density at radius 3 is 2.20 bits per heavy atom. The van der Waals surface area contributed by atoms with Gasteiger partial charge in [0, 0.05) is 12.6 Å². The SMILES string of the molecule is CCCc1ccc(C(C)N(CC)CC(C)(C)CN)cc1. The number of aryl methyl sites for hydroxylation is 1. The molecule has 0 bridgehead atoms. The van der Waals surface area contributed by atoms with Crippen LogP contribution in [-0.4, -0.2) is 24.5 Å². The van der Waals surface area contributed by atoms with Gasteiger partial charge in [-0.2, -0.15) is 0 Å². The molecule has 0 amide bonds. The average Bonchev–Trinajstić information content (AvgIpc) is 2.45. The zero-order chi connectivity index (χ0) is 15.2. The summed E-state index contributed by atoms with van der Waals surface area (Å²) in [7, 11) is 0. The van der Waals surface area contributed by atoms with E-state index in [9.17, 15) is 0 Å². The summed E-state index contributed by atoms with van der Waals surface area (Å²) in [6, 6.07) is 9.57. The number of nitrogens with zero attached hydrogens (tertiary/aromatic N) is 1. The van der Waals surface area contributed by atoms with E-state index in [1.54, 1.807) is 0 Å². The Balaban J connectivity index is 2.77. The molecule has 0 saturated carbocycles. The van der Waals surface area contributed by atoms with Gasteiger partial charge in [0.25, 0.3) is 0 Å². The van der Waals surface area contributed by atoms with Crippen LogP contribution in [0.1, 0.15) is 58.2 Å². The molecule has 0 spiro atoms. The minimum absolute atomic E-state index is 0.173. The molecule has 0 fully saturated rings. The van der Waals surface area contributed by atoms with Crippen molar-refractivity contribution in [3.63, 3.8) is 0 Å². The molecule has 0 aliphatic heterocycles. The molecule has 2 heteroatoms. The zero-order valence-corrected chi connectivity index (χ0v) is 13.9. The third-order valence-electron chi connectivity index (χ3n) is 4.14. The van der Waals surface area contributed by atoms with Crippen molar-refractivity contribution in [3.8, 4) is 0 Å². The predicted octanol–water partition coefficient (Wildman–Crippen LogP) is 4.01. The first-order chi connectivity index (χ1) is 9.43. The second-order valence-corrected chi connectivity index (χ2v) is 6.60. The van der Waals surface area contributed by atoms with Crippen molar-refractivity contribution in [2.24, 2.45) is 11.1 Å². The molecule has 114 valence electrons. The summed E-state index contributed by atoms with van der Waals surface area (Å²) < 4.78 is 0. The van der Waals surface area contributed by atoms with Crippen molar-refractivity contribution < 1.29 is 0 Å². The van der Waals surface area contributed by atoms with E-state index in [1.165, 1.54) is 24.0 Å². The molecule has 0 aliphatic rings. The maximum atomic E-state index is 5.87. The standard InChI is InChI=1S/C18H32N2/c1-6-8-16-9-11-17(12-10-16)15(3)20(7-2)14-18(4,5)13-19/h9-12,15H,6-8,13-14,19H2,1-5H3. The normalized spacial score (nSPS) is 13.8. The second kappa shape index (κ2) is 7.80. The second-order valence-electron chi connectivity index (χ2n) is 6.60. The molecule has 0 radical (unpaired) electrons. The van der Waals surface area contributed by atoms with Gasteiger partial charge in [0.2, 0.25) is 0 Å². The Labute approximate surface area is 125 Å². The van der Waals surface area contributed by atoms with Crippen LogP contribution in [0.15, 0.2) is 24.3 Å². The van der Waals surface area contributed by atoms with Crippen LogP contribution < -0.4 is 5.73 Å². The van der Waals surface area contributed by atoms with Gasteiger partial charge in [-0.05, 0) is 43.0 Å². The molecular formula is C18H32N2. The van der Waals surface area contributed by atoms with Crippen molar-refractivity contribution >= 4 is 0 Å². The summed E-state index contributed by atoms with van der Waals surface area (Å²) in [5, 5.41) is 0. The van der Waals surface area contributed by atoms with Crippen molar-refractivity contribution in [3.05, 3.63) is 35.4 Å². The lowest BCUT2D eigenvalue weighted by molar-refractivity contribution is 0.148. The summed E-state index contributed by atoms with van der Waals surface area (Å²) >= 11 is 0. The van der Waals surface area contributed by atoms with E-state index in [0.717, 1.165) is 19.6 Å². The number of nitrogens with two attached hydrogens (primary N) is 1. The van der Waals surface area contributed by atoms with Gasteiger partial charge in [-0.1, -0.05) is 58.4 Å². The molecule has 0 heterocycles. The van der Waals surface area contributed by atoms with Crippen molar-refractivity contribution in [2.75, 3.05) is 19.6 Å². The fourth-order valence-corrected chi connectivity index (χ4v) is 2.60. The summed E-state index contributed by atoms with van der Waals surface area (Å²) in [5.41, 5.74) is 8.89. The summed E-state index contributed by atoms with van der Waals surface area (Å²) in [5.74, 6) is 0. The highest BCUT2D eigenvalue weighted by molar-refractivity contribution is 5.25. The van der Waals surface area contributed by atoms with Crippen LogP contribution in [0.2, 0.25) is 0 Å². The van der Waals surface area contributed by atoms with Gasteiger partial charge in [0.1, 0.15) is 0 Å². The monoisotopic (exact) mass is 276 g/mol. The molecule has 1 rings (SSSR count). The number of hydrogen-bond acceptors (Lipinski definition) is 2. The number of rotatable bonds is 8. The van der Waals surface area contributed by atoms with E-state index in [4.69, 9.17) is 5.73 Å². The number of hydrogen-bond donors (Lipinski definition) is 1. The van der Waals surface area contributed by atoms with Crippen molar-refractivity contribution in [1.82, 2.24) is 4.90 Å². The number of benzene rings is 1. The van der Waals surface area contributed by atoms with E-state index >= 15 is 0 Å². The van der Waals surface area contributed by atoms with Gasteiger partial charge >= 0.3 is 0 Å². The van der Waals surface area contributed by atoms with Gasteiger partial charge in [-0.25, -0.2) is 0 Å². The first-order valence-electron chi connectivity index (χ1n) is 7.96. The third kappa shape index (κ3) is 4.92. The highest BCUT2D eigenvalue weighted by atomic mass is 15.2. The van der Waals surface area contributed by atoms with E-state index in [0.29, 0.717) is 6.04 Å². The lowest BCUT2D eigenvalue weighted by atomic mass is 9.91. The largest absolute Gasteiger partial charge is 0.330 e. The van der Waals surface area contributed by atoms with Crippen LogP contribution in [0.5, 0.6) is 0 Å². The van der Waals surface area contributed by atoms with E-state index < -0.39 is 0 Å². The molecule has 0 aromatic heterocycles. The van der Waals surface area contributed by atoms with Gasteiger partial charge in [-0.15, -0.1) is 0 Å². The molecular weight excluding hydrogens is 244 g/mol.